The lowest BCUT2D eigenvalue weighted by Crippen LogP contribution is -2.39. The molecule has 0 aromatic heterocycles. The van der Waals surface area contributed by atoms with E-state index in [0.29, 0.717) is 5.57 Å². The van der Waals surface area contributed by atoms with Crippen molar-refractivity contribution in [3.63, 3.8) is 0 Å². The molecular formula is C9H12O5. The molecule has 0 N–H and O–H groups in total. The highest BCUT2D eigenvalue weighted by molar-refractivity contribution is 5.98. The van der Waals surface area contributed by atoms with Gasteiger partial charge in [-0.2, -0.15) is 0 Å². The van der Waals surface area contributed by atoms with Crippen LogP contribution in [0.15, 0.2) is 11.3 Å². The van der Waals surface area contributed by atoms with Gasteiger partial charge in [0.1, 0.15) is 0 Å². The number of hydrogen-bond donors (Lipinski definition) is 0. The van der Waals surface area contributed by atoms with Gasteiger partial charge < -0.3 is 14.2 Å². The predicted molar refractivity (Wildman–Crippen MR) is 46.2 cm³/mol. The van der Waals surface area contributed by atoms with Crippen molar-refractivity contribution in [1.29, 1.82) is 0 Å². The lowest BCUT2D eigenvalue weighted by atomic mass is 10.0. The van der Waals surface area contributed by atoms with Gasteiger partial charge in [-0.25, -0.2) is 9.59 Å². The first-order valence-electron chi connectivity index (χ1n) is 4.04. The maximum Gasteiger partial charge on any atom is 0.358 e. The van der Waals surface area contributed by atoms with Gasteiger partial charge in [0, 0.05) is 0 Å². The molecule has 0 aromatic rings. The van der Waals surface area contributed by atoms with E-state index in [2.05, 4.69) is 4.74 Å². The molecule has 1 aliphatic rings. The molecule has 14 heavy (non-hydrogen) atoms. The smallest absolute Gasteiger partial charge is 0.358 e. The van der Waals surface area contributed by atoms with E-state index in [0.717, 1.165) is 0 Å². The number of methoxy groups -OCH3 is 2. The highest BCUT2D eigenvalue weighted by atomic mass is 16.6. The van der Waals surface area contributed by atoms with Crippen LogP contribution in [0, 0.1) is 0 Å². The molecule has 1 atom stereocenters. The first kappa shape index (κ1) is 10.6. The molecular weight excluding hydrogens is 188 g/mol. The Hall–Kier alpha value is -1.52. The summed E-state index contributed by atoms with van der Waals surface area (Å²) in [4.78, 5) is 22.6. The fourth-order valence-corrected chi connectivity index (χ4v) is 1.44. The standard InChI is InChI=1S/C9H12O5/c1-5-6(12-3)9(2,8(11)13-4)14-7(5)10/h1-4H3. The van der Waals surface area contributed by atoms with Gasteiger partial charge in [0.2, 0.25) is 0 Å². The lowest BCUT2D eigenvalue weighted by molar-refractivity contribution is -0.170. The Morgan fingerprint density at radius 1 is 1.43 bits per heavy atom. The number of ether oxygens (including phenoxy) is 3. The second-order valence-corrected chi connectivity index (χ2v) is 3.07. The maximum atomic E-state index is 11.4. The molecule has 0 saturated heterocycles. The molecule has 0 amide bonds. The monoisotopic (exact) mass is 200 g/mol. The summed E-state index contributed by atoms with van der Waals surface area (Å²) in [5.41, 5.74) is -1.15. The topological polar surface area (TPSA) is 61.8 Å². The zero-order valence-corrected chi connectivity index (χ0v) is 8.54. The summed E-state index contributed by atoms with van der Waals surface area (Å²) in [7, 11) is 2.60. The highest BCUT2D eigenvalue weighted by Gasteiger charge is 2.51. The second kappa shape index (κ2) is 3.32. The van der Waals surface area contributed by atoms with E-state index < -0.39 is 17.5 Å². The molecule has 1 heterocycles. The van der Waals surface area contributed by atoms with Crippen LogP contribution in [0.5, 0.6) is 0 Å². The third kappa shape index (κ3) is 1.25. The number of hydrogen-bond acceptors (Lipinski definition) is 5. The van der Waals surface area contributed by atoms with Crippen LogP contribution in [0.3, 0.4) is 0 Å². The van der Waals surface area contributed by atoms with E-state index in [-0.39, 0.29) is 5.76 Å². The van der Waals surface area contributed by atoms with E-state index in [1.807, 2.05) is 0 Å². The lowest BCUT2D eigenvalue weighted by Gasteiger charge is -2.21. The van der Waals surface area contributed by atoms with Crippen molar-refractivity contribution in [2.75, 3.05) is 14.2 Å². The van der Waals surface area contributed by atoms with Gasteiger partial charge in [-0.1, -0.05) is 0 Å². The van der Waals surface area contributed by atoms with Gasteiger partial charge in [0.15, 0.2) is 5.76 Å². The van der Waals surface area contributed by atoms with E-state index >= 15 is 0 Å². The van der Waals surface area contributed by atoms with E-state index in [4.69, 9.17) is 9.47 Å². The summed E-state index contributed by atoms with van der Waals surface area (Å²) in [6.45, 7) is 2.97. The van der Waals surface area contributed by atoms with Crippen LogP contribution in [0.1, 0.15) is 13.8 Å². The summed E-state index contributed by atoms with van der Waals surface area (Å²) in [6.07, 6.45) is 0. The third-order valence-electron chi connectivity index (χ3n) is 2.16. The normalized spacial score (nSPS) is 26.1. The minimum absolute atomic E-state index is 0.203. The Kier molecular flexibility index (Phi) is 2.51. The van der Waals surface area contributed by atoms with Gasteiger partial charge in [-0.3, -0.25) is 0 Å². The fourth-order valence-electron chi connectivity index (χ4n) is 1.44. The van der Waals surface area contributed by atoms with Crippen LogP contribution in [0.2, 0.25) is 0 Å². The Morgan fingerprint density at radius 3 is 2.43 bits per heavy atom. The van der Waals surface area contributed by atoms with Gasteiger partial charge >= 0.3 is 11.9 Å². The Labute approximate surface area is 81.6 Å². The number of rotatable bonds is 2. The molecule has 5 heteroatoms. The highest BCUT2D eigenvalue weighted by Crippen LogP contribution is 2.33. The van der Waals surface area contributed by atoms with Crippen LogP contribution >= 0.6 is 0 Å². The fraction of sp³-hybridized carbons (Fsp3) is 0.556. The molecule has 0 aliphatic carbocycles. The molecule has 0 saturated carbocycles. The van der Waals surface area contributed by atoms with Gasteiger partial charge in [-0.05, 0) is 13.8 Å². The quantitative estimate of drug-likeness (QED) is 0.603. The number of carbonyl (C=O) groups is 2. The van der Waals surface area contributed by atoms with E-state index in [1.54, 1.807) is 0 Å². The Balaban J connectivity index is 3.15. The predicted octanol–water partition coefficient (Wildman–Crippen LogP) is 0.395. The molecule has 1 aliphatic heterocycles. The summed E-state index contributed by atoms with van der Waals surface area (Å²) in [5, 5.41) is 0. The van der Waals surface area contributed by atoms with Crippen molar-refractivity contribution in [3.8, 4) is 0 Å². The molecule has 5 nitrogen and oxygen atoms in total. The van der Waals surface area contributed by atoms with Crippen molar-refractivity contribution in [3.05, 3.63) is 11.3 Å². The van der Waals surface area contributed by atoms with Gasteiger partial charge in [-0.15, -0.1) is 0 Å². The minimum atomic E-state index is -1.44. The second-order valence-electron chi connectivity index (χ2n) is 3.07. The molecule has 0 aromatic carbocycles. The van der Waals surface area contributed by atoms with Crippen LogP contribution in [0.4, 0.5) is 0 Å². The molecule has 0 fully saturated rings. The van der Waals surface area contributed by atoms with Crippen LogP contribution in [-0.2, 0) is 23.8 Å². The molecule has 0 radical (unpaired) electrons. The third-order valence-corrected chi connectivity index (χ3v) is 2.16. The summed E-state index contributed by atoms with van der Waals surface area (Å²) in [6, 6.07) is 0. The van der Waals surface area contributed by atoms with Crippen molar-refractivity contribution >= 4 is 11.9 Å². The first-order chi connectivity index (χ1) is 6.47. The average molecular weight is 200 g/mol. The SMILES string of the molecule is COC(=O)C1(C)OC(=O)C(C)=C1OC. The van der Waals surface area contributed by atoms with Crippen molar-refractivity contribution in [2.24, 2.45) is 0 Å². The number of carbonyl (C=O) groups excluding carboxylic acids is 2. The van der Waals surface area contributed by atoms with Gasteiger partial charge in [0.25, 0.3) is 5.60 Å². The van der Waals surface area contributed by atoms with E-state index in [1.165, 1.54) is 28.1 Å². The summed E-state index contributed by atoms with van der Waals surface area (Å²) >= 11 is 0. The largest absolute Gasteiger partial charge is 0.496 e. The molecule has 1 unspecified atom stereocenters. The number of esters is 2. The Morgan fingerprint density at radius 2 is 2.00 bits per heavy atom. The minimum Gasteiger partial charge on any atom is -0.496 e. The van der Waals surface area contributed by atoms with Crippen molar-refractivity contribution in [2.45, 2.75) is 19.4 Å². The maximum absolute atomic E-state index is 11.4. The average Bonchev–Trinajstić information content (AvgIpc) is 2.38. The van der Waals surface area contributed by atoms with Crippen molar-refractivity contribution < 1.29 is 23.8 Å². The van der Waals surface area contributed by atoms with Gasteiger partial charge in [0.05, 0.1) is 19.8 Å². The van der Waals surface area contributed by atoms with Crippen molar-refractivity contribution in [1.82, 2.24) is 0 Å². The first-order valence-corrected chi connectivity index (χ1v) is 4.04. The zero-order valence-electron chi connectivity index (χ0n) is 8.54. The van der Waals surface area contributed by atoms with E-state index in [9.17, 15) is 9.59 Å². The molecule has 0 bridgehead atoms. The zero-order chi connectivity index (χ0) is 10.9. The summed E-state index contributed by atoms with van der Waals surface area (Å²) in [5.74, 6) is -1.01. The van der Waals surface area contributed by atoms with Crippen LogP contribution in [-0.4, -0.2) is 31.8 Å². The molecule has 78 valence electrons. The van der Waals surface area contributed by atoms with Crippen LogP contribution < -0.4 is 0 Å². The van der Waals surface area contributed by atoms with Crippen LogP contribution in [0.25, 0.3) is 0 Å². The number of cyclic esters (lactones) is 1. The Bertz CT molecular complexity index is 317. The summed E-state index contributed by atoms with van der Waals surface area (Å²) < 4.78 is 14.4. The molecule has 0 spiro atoms. The molecule has 1 rings (SSSR count).